The molecule has 0 aromatic carbocycles. The fourth-order valence-electron chi connectivity index (χ4n) is 3.34. The molecule has 2 aliphatic heterocycles. The molecule has 0 aromatic heterocycles. The highest BCUT2D eigenvalue weighted by Gasteiger charge is 2.38. The molecule has 2 fully saturated rings. The van der Waals surface area contributed by atoms with E-state index in [0.29, 0.717) is 24.0 Å². The molecular weight excluding hydrogens is 240 g/mol. The minimum Gasteiger partial charge on any atom is -0.396 e. The SMILES string of the molecule is CC(C)NCC1(CN2CCC(CCO)C2)CCOC1. The van der Waals surface area contributed by atoms with Crippen molar-refractivity contribution in [2.24, 2.45) is 11.3 Å². The van der Waals surface area contributed by atoms with Crippen LogP contribution < -0.4 is 5.32 Å². The molecule has 0 spiro atoms. The van der Waals surface area contributed by atoms with Crippen molar-refractivity contribution < 1.29 is 9.84 Å². The van der Waals surface area contributed by atoms with E-state index in [1.54, 1.807) is 0 Å². The summed E-state index contributed by atoms with van der Waals surface area (Å²) >= 11 is 0. The zero-order chi connectivity index (χ0) is 13.7. The summed E-state index contributed by atoms with van der Waals surface area (Å²) in [6.07, 6.45) is 3.38. The lowest BCUT2D eigenvalue weighted by Gasteiger charge is -2.33. The van der Waals surface area contributed by atoms with Crippen molar-refractivity contribution in [1.29, 1.82) is 0 Å². The average Bonchev–Trinajstić information content (AvgIpc) is 2.99. The Morgan fingerprint density at radius 3 is 2.95 bits per heavy atom. The third-order valence-electron chi connectivity index (χ3n) is 4.54. The van der Waals surface area contributed by atoms with Gasteiger partial charge < -0.3 is 20.1 Å². The van der Waals surface area contributed by atoms with E-state index in [2.05, 4.69) is 24.1 Å². The van der Waals surface area contributed by atoms with Crippen LogP contribution in [0.2, 0.25) is 0 Å². The summed E-state index contributed by atoms with van der Waals surface area (Å²) in [5.41, 5.74) is 0.304. The monoisotopic (exact) mass is 270 g/mol. The maximum absolute atomic E-state index is 9.04. The van der Waals surface area contributed by atoms with Crippen LogP contribution in [0.3, 0.4) is 0 Å². The summed E-state index contributed by atoms with van der Waals surface area (Å²) in [7, 11) is 0. The van der Waals surface area contributed by atoms with E-state index in [4.69, 9.17) is 9.84 Å². The minimum absolute atomic E-state index is 0.304. The zero-order valence-corrected chi connectivity index (χ0v) is 12.5. The number of likely N-dealkylation sites (tertiary alicyclic amines) is 1. The second-order valence-corrected chi connectivity index (χ2v) is 6.74. The van der Waals surface area contributed by atoms with Crippen LogP contribution in [-0.2, 0) is 4.74 Å². The Labute approximate surface area is 117 Å². The molecule has 19 heavy (non-hydrogen) atoms. The lowest BCUT2D eigenvalue weighted by atomic mass is 9.86. The Morgan fingerprint density at radius 1 is 1.47 bits per heavy atom. The number of aliphatic hydroxyl groups is 1. The van der Waals surface area contributed by atoms with Crippen molar-refractivity contribution in [3.8, 4) is 0 Å². The van der Waals surface area contributed by atoms with Gasteiger partial charge in [0.2, 0.25) is 0 Å². The fourth-order valence-corrected chi connectivity index (χ4v) is 3.34. The van der Waals surface area contributed by atoms with Gasteiger partial charge in [0.25, 0.3) is 0 Å². The van der Waals surface area contributed by atoms with E-state index in [-0.39, 0.29) is 0 Å². The quantitative estimate of drug-likeness (QED) is 0.727. The van der Waals surface area contributed by atoms with Gasteiger partial charge in [-0.15, -0.1) is 0 Å². The molecule has 0 aliphatic carbocycles. The fraction of sp³-hybridized carbons (Fsp3) is 1.00. The van der Waals surface area contributed by atoms with Gasteiger partial charge in [-0.3, -0.25) is 0 Å². The van der Waals surface area contributed by atoms with E-state index < -0.39 is 0 Å². The van der Waals surface area contributed by atoms with Gasteiger partial charge in [0.1, 0.15) is 0 Å². The maximum Gasteiger partial charge on any atom is 0.0547 e. The summed E-state index contributed by atoms with van der Waals surface area (Å²) in [4.78, 5) is 2.58. The van der Waals surface area contributed by atoms with Crippen molar-refractivity contribution in [2.75, 3.05) is 46.0 Å². The summed E-state index contributed by atoms with van der Waals surface area (Å²) < 4.78 is 5.67. The van der Waals surface area contributed by atoms with Crippen LogP contribution in [0.25, 0.3) is 0 Å². The topological polar surface area (TPSA) is 44.7 Å². The number of rotatable bonds is 7. The van der Waals surface area contributed by atoms with Crippen LogP contribution in [0.4, 0.5) is 0 Å². The molecule has 2 atom stereocenters. The first-order valence-electron chi connectivity index (χ1n) is 7.78. The van der Waals surface area contributed by atoms with Crippen molar-refractivity contribution >= 4 is 0 Å². The predicted molar refractivity (Wildman–Crippen MR) is 77.3 cm³/mol. The van der Waals surface area contributed by atoms with Crippen LogP contribution >= 0.6 is 0 Å². The zero-order valence-electron chi connectivity index (χ0n) is 12.5. The molecular formula is C15H30N2O2. The second kappa shape index (κ2) is 7.02. The lowest BCUT2D eigenvalue weighted by Crippen LogP contribution is -2.45. The molecule has 112 valence electrons. The summed E-state index contributed by atoms with van der Waals surface area (Å²) in [5, 5.41) is 12.6. The van der Waals surface area contributed by atoms with Gasteiger partial charge in [-0.05, 0) is 31.7 Å². The van der Waals surface area contributed by atoms with E-state index in [9.17, 15) is 0 Å². The van der Waals surface area contributed by atoms with Crippen molar-refractivity contribution in [3.05, 3.63) is 0 Å². The predicted octanol–water partition coefficient (Wildman–Crippen LogP) is 1.10. The lowest BCUT2D eigenvalue weighted by molar-refractivity contribution is 0.114. The van der Waals surface area contributed by atoms with Crippen LogP contribution in [-0.4, -0.2) is 62.0 Å². The molecule has 2 heterocycles. The normalized spacial score (nSPS) is 32.5. The number of ether oxygens (including phenoxy) is 1. The van der Waals surface area contributed by atoms with Gasteiger partial charge in [-0.25, -0.2) is 0 Å². The Hall–Kier alpha value is -0.160. The first kappa shape index (κ1) is 15.2. The maximum atomic E-state index is 9.04. The molecule has 0 bridgehead atoms. The molecule has 0 aromatic rings. The van der Waals surface area contributed by atoms with Crippen LogP contribution in [0.5, 0.6) is 0 Å². The van der Waals surface area contributed by atoms with Gasteiger partial charge in [-0.2, -0.15) is 0 Å². The molecule has 0 saturated carbocycles. The Kier molecular flexibility index (Phi) is 5.63. The van der Waals surface area contributed by atoms with Gasteiger partial charge in [0.15, 0.2) is 0 Å². The van der Waals surface area contributed by atoms with Crippen LogP contribution in [0.1, 0.15) is 33.1 Å². The highest BCUT2D eigenvalue weighted by atomic mass is 16.5. The number of nitrogens with one attached hydrogen (secondary N) is 1. The molecule has 2 saturated heterocycles. The molecule has 4 nitrogen and oxygen atoms in total. The molecule has 4 heteroatoms. The Bertz CT molecular complexity index is 265. The van der Waals surface area contributed by atoms with Crippen LogP contribution in [0.15, 0.2) is 0 Å². The van der Waals surface area contributed by atoms with E-state index in [1.165, 1.54) is 19.4 Å². The summed E-state index contributed by atoms with van der Waals surface area (Å²) in [6, 6.07) is 0.540. The number of hydrogen-bond donors (Lipinski definition) is 2. The smallest absolute Gasteiger partial charge is 0.0547 e. The first-order valence-corrected chi connectivity index (χ1v) is 7.78. The minimum atomic E-state index is 0.304. The van der Waals surface area contributed by atoms with Gasteiger partial charge >= 0.3 is 0 Å². The standard InChI is InChI=1S/C15H30N2O2/c1-13(2)16-10-15(5-8-19-12-15)11-17-6-3-14(9-17)4-7-18/h13-14,16,18H,3-12H2,1-2H3. The van der Waals surface area contributed by atoms with Crippen LogP contribution in [0, 0.1) is 11.3 Å². The Morgan fingerprint density at radius 2 is 2.32 bits per heavy atom. The average molecular weight is 270 g/mol. The van der Waals surface area contributed by atoms with E-state index in [1.807, 2.05) is 0 Å². The number of aliphatic hydroxyl groups excluding tert-OH is 1. The molecule has 2 unspecified atom stereocenters. The first-order chi connectivity index (χ1) is 9.13. The van der Waals surface area contributed by atoms with Gasteiger partial charge in [0, 0.05) is 44.3 Å². The molecule has 2 rings (SSSR count). The molecule has 2 aliphatic rings. The third kappa shape index (κ3) is 4.42. The largest absolute Gasteiger partial charge is 0.396 e. The molecule has 0 radical (unpaired) electrons. The summed E-state index contributed by atoms with van der Waals surface area (Å²) in [6.45, 7) is 11.1. The summed E-state index contributed by atoms with van der Waals surface area (Å²) in [5.74, 6) is 0.697. The van der Waals surface area contributed by atoms with E-state index >= 15 is 0 Å². The highest BCUT2D eigenvalue weighted by molar-refractivity contribution is 4.91. The molecule has 0 amide bonds. The number of hydrogen-bond acceptors (Lipinski definition) is 4. The van der Waals surface area contributed by atoms with E-state index in [0.717, 1.165) is 39.3 Å². The van der Waals surface area contributed by atoms with Crippen molar-refractivity contribution in [3.63, 3.8) is 0 Å². The van der Waals surface area contributed by atoms with Crippen molar-refractivity contribution in [2.45, 2.75) is 39.2 Å². The molecule has 2 N–H and O–H groups in total. The van der Waals surface area contributed by atoms with Gasteiger partial charge in [0.05, 0.1) is 6.61 Å². The highest BCUT2D eigenvalue weighted by Crippen LogP contribution is 2.31. The second-order valence-electron chi connectivity index (χ2n) is 6.74. The van der Waals surface area contributed by atoms with Gasteiger partial charge in [-0.1, -0.05) is 13.8 Å². The number of nitrogens with zero attached hydrogens (tertiary/aromatic N) is 1. The Balaban J connectivity index is 1.83. The third-order valence-corrected chi connectivity index (χ3v) is 4.54. The van der Waals surface area contributed by atoms with Crippen molar-refractivity contribution in [1.82, 2.24) is 10.2 Å².